The van der Waals surface area contributed by atoms with Gasteiger partial charge in [0, 0.05) is 41.9 Å². The van der Waals surface area contributed by atoms with Gasteiger partial charge in [-0.3, -0.25) is 9.48 Å². The third kappa shape index (κ3) is 4.34. The second-order valence-corrected chi connectivity index (χ2v) is 9.28. The number of halogens is 1. The van der Waals surface area contributed by atoms with E-state index < -0.39 is 0 Å². The van der Waals surface area contributed by atoms with Crippen molar-refractivity contribution in [3.63, 3.8) is 0 Å². The first-order chi connectivity index (χ1) is 15.6. The van der Waals surface area contributed by atoms with Crippen molar-refractivity contribution in [2.24, 2.45) is 0 Å². The zero-order valence-corrected chi connectivity index (χ0v) is 19.2. The number of nitrogens with zero attached hydrogens (tertiary/aromatic N) is 3. The molecule has 0 bridgehead atoms. The van der Waals surface area contributed by atoms with Gasteiger partial charge in [0.15, 0.2) is 5.76 Å². The number of likely N-dealkylation sites (tertiary alicyclic amines) is 1. The van der Waals surface area contributed by atoms with Crippen LogP contribution in [0.1, 0.15) is 52.3 Å². The first kappa shape index (κ1) is 21.3. The summed E-state index contributed by atoms with van der Waals surface area (Å²) in [6, 6.07) is 7.83. The number of rotatable bonds is 6. The molecule has 0 saturated carbocycles. The molecule has 0 radical (unpaired) electrons. The molecule has 6 nitrogen and oxygen atoms in total. The van der Waals surface area contributed by atoms with Crippen LogP contribution in [-0.4, -0.2) is 46.8 Å². The summed E-state index contributed by atoms with van der Waals surface area (Å²) in [5.41, 5.74) is 5.16. The van der Waals surface area contributed by atoms with E-state index in [-0.39, 0.29) is 5.91 Å². The number of furan rings is 1. The van der Waals surface area contributed by atoms with Gasteiger partial charge in [-0.2, -0.15) is 5.10 Å². The number of aromatic nitrogens is 2. The molecule has 2 aliphatic rings. The van der Waals surface area contributed by atoms with E-state index in [1.165, 1.54) is 24.8 Å². The first-order valence-corrected chi connectivity index (χ1v) is 11.9. The molecule has 3 aromatic rings. The Labute approximate surface area is 193 Å². The molecule has 168 valence electrons. The first-order valence-electron chi connectivity index (χ1n) is 11.5. The maximum absolute atomic E-state index is 12.9. The molecular weight excluding hydrogens is 424 g/mol. The van der Waals surface area contributed by atoms with E-state index in [2.05, 4.69) is 16.4 Å². The zero-order valence-electron chi connectivity index (χ0n) is 18.5. The fraction of sp³-hybridized carbons (Fsp3) is 0.440. The summed E-state index contributed by atoms with van der Waals surface area (Å²) in [5.74, 6) is 1.16. The Morgan fingerprint density at radius 1 is 1.16 bits per heavy atom. The van der Waals surface area contributed by atoms with Gasteiger partial charge >= 0.3 is 0 Å². The third-order valence-electron chi connectivity index (χ3n) is 6.54. The molecule has 1 N–H and O–H groups in total. The molecule has 2 aromatic heterocycles. The number of nitrogens with one attached hydrogen (secondary N) is 1. The molecule has 1 amide bonds. The topological polar surface area (TPSA) is 63.3 Å². The molecule has 1 saturated heterocycles. The molecule has 5 rings (SSSR count). The van der Waals surface area contributed by atoms with Gasteiger partial charge < -0.3 is 14.6 Å². The van der Waals surface area contributed by atoms with E-state index in [1.54, 1.807) is 0 Å². The van der Waals surface area contributed by atoms with E-state index in [1.807, 2.05) is 35.9 Å². The van der Waals surface area contributed by atoms with Crippen molar-refractivity contribution in [2.45, 2.75) is 45.6 Å². The summed E-state index contributed by atoms with van der Waals surface area (Å²) in [7, 11) is 0. The van der Waals surface area contributed by atoms with Crippen LogP contribution in [0.5, 0.6) is 0 Å². The molecule has 1 aromatic carbocycles. The van der Waals surface area contributed by atoms with Crippen molar-refractivity contribution in [2.75, 3.05) is 26.2 Å². The Morgan fingerprint density at radius 3 is 2.72 bits per heavy atom. The van der Waals surface area contributed by atoms with Crippen LogP contribution in [0.4, 0.5) is 0 Å². The van der Waals surface area contributed by atoms with E-state index in [4.69, 9.17) is 21.1 Å². The van der Waals surface area contributed by atoms with Crippen molar-refractivity contribution in [3.8, 4) is 11.3 Å². The van der Waals surface area contributed by atoms with E-state index in [0.717, 1.165) is 65.6 Å². The van der Waals surface area contributed by atoms with Gasteiger partial charge in [-0.15, -0.1) is 0 Å². The number of benzene rings is 1. The molecule has 1 fully saturated rings. The Balaban J connectivity index is 1.30. The summed E-state index contributed by atoms with van der Waals surface area (Å²) >= 11 is 6.00. The van der Waals surface area contributed by atoms with Crippen LogP contribution in [0.3, 0.4) is 0 Å². The molecule has 0 spiro atoms. The summed E-state index contributed by atoms with van der Waals surface area (Å²) in [5, 5.41) is 8.63. The average molecular weight is 453 g/mol. The predicted octanol–water partition coefficient (Wildman–Crippen LogP) is 4.47. The second kappa shape index (κ2) is 9.12. The van der Waals surface area contributed by atoms with Gasteiger partial charge in [-0.05, 0) is 62.5 Å². The van der Waals surface area contributed by atoms with Crippen LogP contribution in [-0.2, 0) is 19.4 Å². The number of hydrogen-bond donors (Lipinski definition) is 1. The number of hydrogen-bond acceptors (Lipinski definition) is 4. The number of aryl methyl sites for hydroxylation is 2. The van der Waals surface area contributed by atoms with Gasteiger partial charge in [0.25, 0.3) is 5.91 Å². The van der Waals surface area contributed by atoms with Crippen LogP contribution in [0, 0.1) is 6.92 Å². The van der Waals surface area contributed by atoms with Crippen LogP contribution in [0.25, 0.3) is 11.3 Å². The summed E-state index contributed by atoms with van der Waals surface area (Å²) in [6.45, 7) is 6.45. The number of piperidine rings is 1. The molecule has 32 heavy (non-hydrogen) atoms. The maximum Gasteiger partial charge on any atom is 0.287 e. The molecule has 1 aliphatic heterocycles. The molecule has 1 aliphatic carbocycles. The highest BCUT2D eigenvalue weighted by atomic mass is 35.5. The van der Waals surface area contributed by atoms with Crippen molar-refractivity contribution >= 4 is 17.5 Å². The number of carbonyl (C=O) groups is 1. The maximum atomic E-state index is 12.9. The number of carbonyl (C=O) groups excluding carboxylic acids is 1. The SMILES string of the molecule is Cc1c(C(=O)NCCN2CCCCC2)oc2c1-c1nn(Cc3ccc(Cl)cc3)cc1CC2. The lowest BCUT2D eigenvalue weighted by Crippen LogP contribution is -2.37. The molecular formula is C25H29ClN4O2. The van der Waals surface area contributed by atoms with Gasteiger partial charge in [0.2, 0.25) is 0 Å². The van der Waals surface area contributed by atoms with Crippen LogP contribution in [0.15, 0.2) is 34.9 Å². The Bertz CT molecular complexity index is 1110. The lowest BCUT2D eigenvalue weighted by Gasteiger charge is -2.26. The average Bonchev–Trinajstić information content (AvgIpc) is 3.36. The van der Waals surface area contributed by atoms with Crippen LogP contribution < -0.4 is 5.32 Å². The fourth-order valence-corrected chi connectivity index (χ4v) is 4.95. The van der Waals surface area contributed by atoms with Gasteiger partial charge in [0.05, 0.1) is 12.2 Å². The van der Waals surface area contributed by atoms with Gasteiger partial charge in [0.1, 0.15) is 5.76 Å². The summed E-state index contributed by atoms with van der Waals surface area (Å²) < 4.78 is 8.02. The van der Waals surface area contributed by atoms with Crippen molar-refractivity contribution in [1.29, 1.82) is 0 Å². The lowest BCUT2D eigenvalue weighted by molar-refractivity contribution is 0.0916. The second-order valence-electron chi connectivity index (χ2n) is 8.84. The fourth-order valence-electron chi connectivity index (χ4n) is 4.83. The molecule has 0 atom stereocenters. The predicted molar refractivity (Wildman–Crippen MR) is 125 cm³/mol. The Morgan fingerprint density at radius 2 is 1.94 bits per heavy atom. The standard InChI is InChI=1S/C25H29ClN4O2/c1-17-22-21(32-24(17)25(31)27-11-14-29-12-3-2-4-13-29)10-7-19-16-30(28-23(19)22)15-18-5-8-20(26)9-6-18/h5-6,8-9,16H,2-4,7,10-15H2,1H3,(H,27,31). The summed E-state index contributed by atoms with van der Waals surface area (Å²) in [6.07, 6.45) is 7.59. The highest BCUT2D eigenvalue weighted by Crippen LogP contribution is 2.38. The monoisotopic (exact) mass is 452 g/mol. The van der Waals surface area contributed by atoms with Crippen molar-refractivity contribution in [1.82, 2.24) is 20.0 Å². The van der Waals surface area contributed by atoms with E-state index in [0.29, 0.717) is 18.8 Å². The Hall–Kier alpha value is -2.57. The Kier molecular flexibility index (Phi) is 6.07. The van der Waals surface area contributed by atoms with E-state index >= 15 is 0 Å². The van der Waals surface area contributed by atoms with Crippen LogP contribution >= 0.6 is 11.6 Å². The van der Waals surface area contributed by atoms with Gasteiger partial charge in [-0.25, -0.2) is 0 Å². The van der Waals surface area contributed by atoms with E-state index in [9.17, 15) is 4.79 Å². The largest absolute Gasteiger partial charge is 0.455 e. The highest BCUT2D eigenvalue weighted by molar-refractivity contribution is 6.30. The van der Waals surface area contributed by atoms with Crippen LogP contribution in [0.2, 0.25) is 5.02 Å². The third-order valence-corrected chi connectivity index (χ3v) is 6.79. The minimum absolute atomic E-state index is 0.129. The molecule has 0 unspecified atom stereocenters. The highest BCUT2D eigenvalue weighted by Gasteiger charge is 2.29. The lowest BCUT2D eigenvalue weighted by atomic mass is 9.93. The normalized spacial score (nSPS) is 15.9. The quantitative estimate of drug-likeness (QED) is 0.599. The minimum Gasteiger partial charge on any atom is -0.455 e. The zero-order chi connectivity index (χ0) is 22.1. The van der Waals surface area contributed by atoms with Crippen molar-refractivity contribution < 1.29 is 9.21 Å². The van der Waals surface area contributed by atoms with Gasteiger partial charge in [-0.1, -0.05) is 30.2 Å². The van der Waals surface area contributed by atoms with Crippen molar-refractivity contribution in [3.05, 3.63) is 63.7 Å². The number of fused-ring (bicyclic) bond motifs is 3. The smallest absolute Gasteiger partial charge is 0.287 e. The molecule has 7 heteroatoms. The molecule has 3 heterocycles. The number of amides is 1. The minimum atomic E-state index is -0.129. The summed E-state index contributed by atoms with van der Waals surface area (Å²) in [4.78, 5) is 15.3.